The minimum absolute atomic E-state index is 0. The summed E-state index contributed by atoms with van der Waals surface area (Å²) < 4.78 is 28.8. The first kappa shape index (κ1) is 16.6. The molecule has 0 saturated carbocycles. The molecular formula is C7H17MgNO4S. The van der Waals surface area contributed by atoms with Gasteiger partial charge in [0.15, 0.2) is 0 Å². The summed E-state index contributed by atoms with van der Waals surface area (Å²) in [4.78, 5) is 10.8. The lowest BCUT2D eigenvalue weighted by atomic mass is 10.3. The molecule has 0 unspecified atom stereocenters. The van der Waals surface area contributed by atoms with Crippen molar-refractivity contribution in [1.29, 1.82) is 0 Å². The molecule has 0 aromatic rings. The highest BCUT2D eigenvalue weighted by Gasteiger charge is 2.04. The number of amides is 1. The van der Waals surface area contributed by atoms with Gasteiger partial charge in [-0.05, 0) is 12.8 Å². The minimum atomic E-state index is -3.89. The van der Waals surface area contributed by atoms with Gasteiger partial charge in [-0.1, -0.05) is 6.92 Å². The quantitative estimate of drug-likeness (QED) is 0.361. The van der Waals surface area contributed by atoms with Crippen LogP contribution in [0.25, 0.3) is 0 Å². The highest BCUT2D eigenvalue weighted by atomic mass is 32.2. The van der Waals surface area contributed by atoms with Crippen LogP contribution in [0, 0.1) is 0 Å². The summed E-state index contributed by atoms with van der Waals surface area (Å²) in [6.45, 7) is 2.18. The maximum absolute atomic E-state index is 10.8. The Morgan fingerprint density at radius 2 is 2.00 bits per heavy atom. The van der Waals surface area contributed by atoms with Crippen molar-refractivity contribution in [2.75, 3.05) is 12.3 Å². The smallest absolute Gasteiger partial charge is 0.316 e. The Kier molecular flexibility index (Phi) is 10.0. The van der Waals surface area contributed by atoms with Crippen LogP contribution in [-0.2, 0) is 14.9 Å². The van der Waals surface area contributed by atoms with Crippen molar-refractivity contribution in [2.45, 2.75) is 26.2 Å². The van der Waals surface area contributed by atoms with Crippen molar-refractivity contribution in [1.82, 2.24) is 5.32 Å². The molecule has 7 heteroatoms. The van der Waals surface area contributed by atoms with Crippen molar-refractivity contribution in [3.8, 4) is 0 Å². The molecule has 0 aliphatic carbocycles. The summed E-state index contributed by atoms with van der Waals surface area (Å²) in [5, 5.41) is 2.54. The van der Waals surface area contributed by atoms with Crippen LogP contribution in [0.2, 0.25) is 0 Å². The summed E-state index contributed by atoms with van der Waals surface area (Å²) in [6.07, 6.45) is 1.46. The molecule has 0 rings (SSSR count). The molecule has 0 spiro atoms. The van der Waals surface area contributed by atoms with E-state index in [9.17, 15) is 13.2 Å². The highest BCUT2D eigenvalue weighted by Crippen LogP contribution is 1.89. The molecule has 5 nitrogen and oxygen atoms in total. The van der Waals surface area contributed by atoms with Crippen LogP contribution in [0.3, 0.4) is 0 Å². The van der Waals surface area contributed by atoms with Crippen LogP contribution in [-0.4, -0.2) is 54.2 Å². The number of carbonyl (C=O) groups is 1. The fraction of sp³-hybridized carbons (Fsp3) is 0.857. The number of hydrogen-bond acceptors (Lipinski definition) is 3. The summed E-state index contributed by atoms with van der Waals surface area (Å²) >= 11 is 0. The van der Waals surface area contributed by atoms with Crippen LogP contribution in [0.4, 0.5) is 0 Å². The van der Waals surface area contributed by atoms with Gasteiger partial charge in [0.25, 0.3) is 10.1 Å². The molecular weight excluding hydrogens is 218 g/mol. The zero-order valence-electron chi connectivity index (χ0n) is 7.62. The second kappa shape index (κ2) is 8.45. The molecule has 1 amide bonds. The van der Waals surface area contributed by atoms with Gasteiger partial charge in [0.05, 0.1) is 5.75 Å². The third-order valence-electron chi connectivity index (χ3n) is 1.38. The van der Waals surface area contributed by atoms with Gasteiger partial charge in [0.1, 0.15) is 0 Å². The molecule has 0 bridgehead atoms. The molecule has 2 N–H and O–H groups in total. The average Bonchev–Trinajstić information content (AvgIpc) is 1.97. The second-order valence-electron chi connectivity index (χ2n) is 2.74. The van der Waals surface area contributed by atoms with Crippen molar-refractivity contribution >= 4 is 39.1 Å². The fourth-order valence-electron chi connectivity index (χ4n) is 0.798. The van der Waals surface area contributed by atoms with Crippen LogP contribution < -0.4 is 5.32 Å². The molecule has 14 heavy (non-hydrogen) atoms. The maximum Gasteiger partial charge on any atom is 0.316 e. The van der Waals surface area contributed by atoms with Crippen molar-refractivity contribution < 1.29 is 17.8 Å². The molecule has 0 aliphatic rings. The normalized spacial score (nSPS) is 10.4. The van der Waals surface area contributed by atoms with E-state index in [0.717, 1.165) is 6.42 Å². The number of nitrogens with one attached hydrogen (secondary N) is 1. The van der Waals surface area contributed by atoms with E-state index in [1.54, 1.807) is 0 Å². The topological polar surface area (TPSA) is 83.5 Å². The van der Waals surface area contributed by atoms with Gasteiger partial charge in [-0.3, -0.25) is 9.35 Å². The summed E-state index contributed by atoms with van der Waals surface area (Å²) in [6, 6.07) is 0. The molecule has 0 aromatic carbocycles. The van der Waals surface area contributed by atoms with Gasteiger partial charge in [-0.15, -0.1) is 0 Å². The largest absolute Gasteiger partial charge is 0.356 e. The Morgan fingerprint density at radius 3 is 2.43 bits per heavy atom. The zero-order chi connectivity index (χ0) is 10.3. The van der Waals surface area contributed by atoms with Crippen LogP contribution in [0.1, 0.15) is 26.2 Å². The first-order valence-corrected chi connectivity index (χ1v) is 5.78. The predicted molar refractivity (Wildman–Crippen MR) is 57.5 cm³/mol. The zero-order valence-corrected chi connectivity index (χ0v) is 8.43. The molecule has 0 radical (unpaired) electrons. The van der Waals surface area contributed by atoms with Crippen molar-refractivity contribution in [3.63, 3.8) is 0 Å². The number of rotatable bonds is 6. The summed E-state index contributed by atoms with van der Waals surface area (Å²) in [5.74, 6) is -0.391. The van der Waals surface area contributed by atoms with Crippen molar-refractivity contribution in [2.24, 2.45) is 0 Å². The van der Waals surface area contributed by atoms with E-state index in [1.807, 2.05) is 6.92 Å². The van der Waals surface area contributed by atoms with E-state index >= 15 is 0 Å². The lowest BCUT2D eigenvalue weighted by Crippen LogP contribution is -2.25. The molecule has 0 aromatic heterocycles. The SMILES string of the molecule is CCCC(=O)NCCCS(=O)(=O)O.[MgH2]. The Bertz CT molecular complexity index is 252. The first-order chi connectivity index (χ1) is 5.95. The molecule has 0 fully saturated rings. The van der Waals surface area contributed by atoms with E-state index in [1.165, 1.54) is 0 Å². The third-order valence-corrected chi connectivity index (χ3v) is 2.18. The number of carbonyl (C=O) groups excluding carboxylic acids is 1. The Hall–Kier alpha value is 0.146. The first-order valence-electron chi connectivity index (χ1n) is 4.17. The van der Waals surface area contributed by atoms with E-state index in [4.69, 9.17) is 4.55 Å². The Labute approximate surface area is 101 Å². The van der Waals surface area contributed by atoms with Crippen molar-refractivity contribution in [3.05, 3.63) is 0 Å². The summed E-state index contributed by atoms with van der Waals surface area (Å²) in [5.41, 5.74) is 0. The van der Waals surface area contributed by atoms with Gasteiger partial charge in [-0.2, -0.15) is 8.42 Å². The van der Waals surface area contributed by atoms with Gasteiger partial charge in [0.2, 0.25) is 5.91 Å². The van der Waals surface area contributed by atoms with E-state index in [-0.39, 0.29) is 41.1 Å². The third kappa shape index (κ3) is 12.1. The molecule has 0 atom stereocenters. The number of hydrogen-bond donors (Lipinski definition) is 2. The van der Waals surface area contributed by atoms with Gasteiger partial charge in [-0.25, -0.2) is 0 Å². The minimum Gasteiger partial charge on any atom is -0.356 e. The van der Waals surface area contributed by atoms with E-state index in [2.05, 4.69) is 5.32 Å². The standard InChI is InChI=1S/C7H15NO4S.Mg.2H/c1-2-4-7(9)8-5-3-6-13(10,11)12;;;/h2-6H2,1H3,(H,8,9)(H,10,11,12);;;. The predicted octanol–water partition coefficient (Wildman–Crippen LogP) is -0.736. The Morgan fingerprint density at radius 1 is 1.43 bits per heavy atom. The summed E-state index contributed by atoms with van der Waals surface area (Å²) in [7, 11) is -3.89. The lowest BCUT2D eigenvalue weighted by molar-refractivity contribution is -0.121. The average molecular weight is 236 g/mol. The second-order valence-corrected chi connectivity index (χ2v) is 4.31. The Balaban J connectivity index is 0. The molecule has 0 saturated heterocycles. The van der Waals surface area contributed by atoms with E-state index in [0.29, 0.717) is 13.0 Å². The van der Waals surface area contributed by atoms with Crippen LogP contribution >= 0.6 is 0 Å². The van der Waals surface area contributed by atoms with Gasteiger partial charge in [0, 0.05) is 13.0 Å². The van der Waals surface area contributed by atoms with Crippen LogP contribution in [0.15, 0.2) is 0 Å². The van der Waals surface area contributed by atoms with Gasteiger partial charge < -0.3 is 5.32 Å². The van der Waals surface area contributed by atoms with E-state index < -0.39 is 10.1 Å². The lowest BCUT2D eigenvalue weighted by Gasteiger charge is -2.02. The monoisotopic (exact) mass is 235 g/mol. The van der Waals surface area contributed by atoms with Gasteiger partial charge >= 0.3 is 23.1 Å². The maximum atomic E-state index is 10.8. The molecule has 0 heterocycles. The highest BCUT2D eigenvalue weighted by molar-refractivity contribution is 7.85. The van der Waals surface area contributed by atoms with Crippen LogP contribution in [0.5, 0.6) is 0 Å². The molecule has 82 valence electrons. The molecule has 0 aliphatic heterocycles. The fourth-order valence-corrected chi connectivity index (χ4v) is 1.31.